The van der Waals surface area contributed by atoms with Crippen LogP contribution in [0.3, 0.4) is 0 Å². The van der Waals surface area contributed by atoms with Crippen molar-refractivity contribution in [3.8, 4) is 11.1 Å². The van der Waals surface area contributed by atoms with Crippen LogP contribution in [-0.4, -0.2) is 42.7 Å². The molecule has 1 saturated carbocycles. The molecule has 144 valence electrons. The van der Waals surface area contributed by atoms with E-state index in [4.69, 9.17) is 4.74 Å². The molecular weight excluding hydrogens is 352 g/mol. The van der Waals surface area contributed by atoms with Gasteiger partial charge in [-0.1, -0.05) is 0 Å². The Morgan fingerprint density at radius 3 is 2.86 bits per heavy atom. The van der Waals surface area contributed by atoms with E-state index >= 15 is 0 Å². The van der Waals surface area contributed by atoms with Gasteiger partial charge in [0.15, 0.2) is 0 Å². The highest BCUT2D eigenvalue weighted by Gasteiger charge is 2.22. The number of rotatable bonds is 5. The number of ether oxygens (including phenoxy) is 1. The second kappa shape index (κ2) is 7.24. The summed E-state index contributed by atoms with van der Waals surface area (Å²) < 4.78 is 9.66. The van der Waals surface area contributed by atoms with Crippen molar-refractivity contribution >= 4 is 17.1 Å². The van der Waals surface area contributed by atoms with Crippen molar-refractivity contribution in [3.63, 3.8) is 0 Å². The van der Waals surface area contributed by atoms with Gasteiger partial charge in [-0.3, -0.25) is 0 Å². The summed E-state index contributed by atoms with van der Waals surface area (Å²) in [5.74, 6) is 0.680. The number of hydrogen-bond acceptors (Lipinski definition) is 5. The lowest BCUT2D eigenvalue weighted by atomic mass is 9.93. The van der Waals surface area contributed by atoms with Gasteiger partial charge < -0.3 is 14.5 Å². The number of anilines is 1. The van der Waals surface area contributed by atoms with Gasteiger partial charge in [-0.2, -0.15) is 0 Å². The van der Waals surface area contributed by atoms with Gasteiger partial charge in [-0.05, 0) is 50.8 Å². The zero-order valence-electron chi connectivity index (χ0n) is 16.0. The summed E-state index contributed by atoms with van der Waals surface area (Å²) in [6.45, 7) is 2.86. The maximum atomic E-state index is 5.74. The number of imidazole rings is 1. The summed E-state index contributed by atoms with van der Waals surface area (Å²) in [4.78, 5) is 8.88. The zero-order chi connectivity index (χ0) is 18.9. The Morgan fingerprint density at radius 2 is 2.00 bits per heavy atom. The van der Waals surface area contributed by atoms with Crippen LogP contribution in [-0.2, 0) is 4.74 Å². The van der Waals surface area contributed by atoms with E-state index < -0.39 is 0 Å². The molecule has 0 aromatic carbocycles. The number of nitrogens with zero attached hydrogens (tertiary/aromatic N) is 5. The van der Waals surface area contributed by atoms with Gasteiger partial charge in [0.25, 0.3) is 0 Å². The fraction of sp³-hybridized carbons (Fsp3) is 0.381. The van der Waals surface area contributed by atoms with Gasteiger partial charge in [0.2, 0.25) is 5.95 Å². The Balaban J connectivity index is 1.35. The lowest BCUT2D eigenvalue weighted by Crippen LogP contribution is -2.30. The maximum absolute atomic E-state index is 5.74. The molecule has 5 rings (SSSR count). The molecule has 0 radical (unpaired) electrons. The molecule has 0 atom stereocenters. The molecule has 4 heterocycles. The van der Waals surface area contributed by atoms with Crippen LogP contribution < -0.4 is 5.32 Å². The summed E-state index contributed by atoms with van der Waals surface area (Å²) >= 11 is 0. The fourth-order valence-electron chi connectivity index (χ4n) is 4.08. The molecule has 0 bridgehead atoms. The Kier molecular flexibility index (Phi) is 4.44. The number of hydrogen-bond donors (Lipinski definition) is 1. The first kappa shape index (κ1) is 17.2. The summed E-state index contributed by atoms with van der Waals surface area (Å²) in [6, 6.07) is 6.60. The first-order valence-electron chi connectivity index (χ1n) is 9.96. The van der Waals surface area contributed by atoms with Crippen LogP contribution in [0.15, 0.2) is 49.2 Å². The van der Waals surface area contributed by atoms with Crippen molar-refractivity contribution < 1.29 is 4.74 Å². The summed E-state index contributed by atoms with van der Waals surface area (Å²) in [5.41, 5.74) is 4.16. The fourth-order valence-corrected chi connectivity index (χ4v) is 4.08. The van der Waals surface area contributed by atoms with E-state index in [-0.39, 0.29) is 0 Å². The van der Waals surface area contributed by atoms with Crippen molar-refractivity contribution in [2.75, 3.05) is 11.9 Å². The second-order valence-corrected chi connectivity index (χ2v) is 7.32. The molecule has 7 heteroatoms. The van der Waals surface area contributed by atoms with E-state index in [1.54, 1.807) is 6.20 Å². The average molecular weight is 376 g/mol. The van der Waals surface area contributed by atoms with Gasteiger partial charge in [0.1, 0.15) is 5.65 Å². The van der Waals surface area contributed by atoms with Crippen molar-refractivity contribution in [2.45, 2.75) is 44.8 Å². The SMILES string of the molecule is CCO[C@H]1CC[C@@H](Nc2ncc3c(-c4ccc5nccn5c4)ccn3n2)CC1. The minimum atomic E-state index is 0.409. The predicted octanol–water partition coefficient (Wildman–Crippen LogP) is 3.80. The maximum Gasteiger partial charge on any atom is 0.241 e. The average Bonchev–Trinajstić information content (AvgIpc) is 3.35. The van der Waals surface area contributed by atoms with Crippen molar-refractivity contribution in [2.24, 2.45) is 0 Å². The van der Waals surface area contributed by atoms with Crippen LogP contribution in [0.1, 0.15) is 32.6 Å². The smallest absolute Gasteiger partial charge is 0.241 e. The number of nitrogens with one attached hydrogen (secondary N) is 1. The number of fused-ring (bicyclic) bond motifs is 2. The molecule has 1 fully saturated rings. The molecule has 0 aliphatic heterocycles. The van der Waals surface area contributed by atoms with Crippen LogP contribution in [0.5, 0.6) is 0 Å². The highest BCUT2D eigenvalue weighted by atomic mass is 16.5. The Morgan fingerprint density at radius 1 is 1.11 bits per heavy atom. The molecule has 0 amide bonds. The Hall–Kier alpha value is -2.93. The third-order valence-electron chi connectivity index (χ3n) is 5.53. The third kappa shape index (κ3) is 3.22. The van der Waals surface area contributed by atoms with Crippen LogP contribution in [0.2, 0.25) is 0 Å². The lowest BCUT2D eigenvalue weighted by Gasteiger charge is -2.28. The van der Waals surface area contributed by atoms with Crippen LogP contribution in [0, 0.1) is 0 Å². The van der Waals surface area contributed by atoms with E-state index in [9.17, 15) is 0 Å². The monoisotopic (exact) mass is 376 g/mol. The minimum Gasteiger partial charge on any atom is -0.379 e. The van der Waals surface area contributed by atoms with Crippen molar-refractivity contribution in [1.29, 1.82) is 0 Å². The molecule has 0 spiro atoms. The summed E-state index contributed by atoms with van der Waals surface area (Å²) in [5, 5.41) is 8.16. The van der Waals surface area contributed by atoms with Gasteiger partial charge >= 0.3 is 0 Å². The second-order valence-electron chi connectivity index (χ2n) is 7.32. The third-order valence-corrected chi connectivity index (χ3v) is 5.53. The normalized spacial score (nSPS) is 20.0. The Labute approximate surface area is 163 Å². The van der Waals surface area contributed by atoms with Gasteiger partial charge in [0.05, 0.1) is 17.8 Å². The highest BCUT2D eigenvalue weighted by molar-refractivity contribution is 5.80. The van der Waals surface area contributed by atoms with Crippen LogP contribution in [0.4, 0.5) is 5.95 Å². The van der Waals surface area contributed by atoms with Gasteiger partial charge in [-0.25, -0.2) is 14.5 Å². The minimum absolute atomic E-state index is 0.409. The molecule has 7 nitrogen and oxygen atoms in total. The highest BCUT2D eigenvalue weighted by Crippen LogP contribution is 2.27. The van der Waals surface area contributed by atoms with Gasteiger partial charge in [-0.15, -0.1) is 5.10 Å². The van der Waals surface area contributed by atoms with E-state index in [2.05, 4.69) is 45.6 Å². The summed E-state index contributed by atoms with van der Waals surface area (Å²) in [6.07, 6.45) is 14.5. The Bertz CT molecular complexity index is 1090. The van der Waals surface area contributed by atoms with Crippen LogP contribution in [0.25, 0.3) is 22.3 Å². The first-order chi connectivity index (χ1) is 13.8. The van der Waals surface area contributed by atoms with E-state index in [0.29, 0.717) is 18.1 Å². The molecular formula is C21H24N6O. The predicted molar refractivity (Wildman–Crippen MR) is 108 cm³/mol. The standard InChI is InChI=1S/C21H24N6O/c1-2-28-17-6-4-16(5-7-17)24-21-23-13-19-18(9-11-27(19)25-21)15-3-8-20-22-10-12-26(20)14-15/h3,8-14,16-17H,2,4-7H2,1H3,(H,24,25)/t16-,17+. The largest absolute Gasteiger partial charge is 0.379 e. The molecule has 1 aliphatic rings. The van der Waals surface area contributed by atoms with Crippen molar-refractivity contribution in [1.82, 2.24) is 24.0 Å². The molecule has 0 unspecified atom stereocenters. The van der Waals surface area contributed by atoms with E-state index in [1.807, 2.05) is 33.6 Å². The summed E-state index contributed by atoms with van der Waals surface area (Å²) in [7, 11) is 0. The molecule has 28 heavy (non-hydrogen) atoms. The number of aromatic nitrogens is 5. The molecule has 1 N–H and O–H groups in total. The van der Waals surface area contributed by atoms with E-state index in [0.717, 1.165) is 54.6 Å². The van der Waals surface area contributed by atoms with Gasteiger partial charge in [0, 0.05) is 48.6 Å². The zero-order valence-corrected chi connectivity index (χ0v) is 16.0. The molecule has 1 aliphatic carbocycles. The van der Waals surface area contributed by atoms with E-state index in [1.165, 1.54) is 0 Å². The molecule has 4 aromatic heterocycles. The van der Waals surface area contributed by atoms with Crippen LogP contribution >= 0.6 is 0 Å². The van der Waals surface area contributed by atoms with Crippen molar-refractivity contribution in [3.05, 3.63) is 49.2 Å². The number of pyridine rings is 1. The quantitative estimate of drug-likeness (QED) is 0.574. The molecule has 4 aromatic rings. The lowest BCUT2D eigenvalue weighted by molar-refractivity contribution is 0.0346. The topological polar surface area (TPSA) is 68.8 Å². The molecule has 0 saturated heterocycles. The first-order valence-corrected chi connectivity index (χ1v) is 9.96.